The third-order valence-electron chi connectivity index (χ3n) is 3.36. The molecule has 0 fully saturated rings. The summed E-state index contributed by atoms with van der Waals surface area (Å²) in [5.41, 5.74) is 7.58. The first-order valence-corrected chi connectivity index (χ1v) is 8.21. The maximum absolute atomic E-state index is 12.4. The zero-order valence-electron chi connectivity index (χ0n) is 12.2. The molecule has 0 aliphatic carbocycles. The van der Waals surface area contributed by atoms with Crippen LogP contribution in [0.5, 0.6) is 0 Å². The number of hydrogen-bond acceptors (Lipinski definition) is 4. The largest absolute Gasteiger partial charge is 0.398 e. The molecule has 0 saturated heterocycles. The molecule has 3 N–H and O–H groups in total. The fourth-order valence-electron chi connectivity index (χ4n) is 2.22. The molecule has 7 heteroatoms. The molecular formula is C14H20N4O2S. The van der Waals surface area contributed by atoms with Crippen LogP contribution in [0.4, 0.5) is 5.69 Å². The first kappa shape index (κ1) is 15.5. The van der Waals surface area contributed by atoms with E-state index < -0.39 is 10.0 Å². The molecule has 0 atom stereocenters. The van der Waals surface area contributed by atoms with Crippen molar-refractivity contribution in [2.45, 2.75) is 31.7 Å². The smallest absolute Gasteiger partial charge is 0.241 e. The number of rotatable bonds is 6. The second kappa shape index (κ2) is 6.28. The van der Waals surface area contributed by atoms with Gasteiger partial charge in [0, 0.05) is 31.2 Å². The second-order valence-corrected chi connectivity index (χ2v) is 6.68. The lowest BCUT2D eigenvalue weighted by Gasteiger charge is -2.13. The van der Waals surface area contributed by atoms with E-state index in [1.165, 1.54) is 0 Å². The van der Waals surface area contributed by atoms with Gasteiger partial charge in [-0.15, -0.1) is 0 Å². The fourth-order valence-corrected chi connectivity index (χ4v) is 3.79. The summed E-state index contributed by atoms with van der Waals surface area (Å²) in [7, 11) is -3.54. The van der Waals surface area contributed by atoms with Gasteiger partial charge < -0.3 is 10.3 Å². The van der Waals surface area contributed by atoms with Gasteiger partial charge in [0.1, 0.15) is 0 Å². The van der Waals surface area contributed by atoms with Gasteiger partial charge in [-0.25, -0.2) is 18.1 Å². The average Bonchev–Trinajstić information content (AvgIpc) is 2.92. The molecule has 0 saturated carbocycles. The summed E-state index contributed by atoms with van der Waals surface area (Å²) in [4.78, 5) is 4.22. The minimum Gasteiger partial charge on any atom is -0.398 e. The highest BCUT2D eigenvalue weighted by Gasteiger charge is 2.20. The van der Waals surface area contributed by atoms with Crippen LogP contribution in [0, 0.1) is 13.8 Å². The molecule has 0 spiro atoms. The first-order valence-electron chi connectivity index (χ1n) is 6.73. The zero-order valence-corrected chi connectivity index (χ0v) is 13.0. The highest BCUT2D eigenvalue weighted by molar-refractivity contribution is 7.89. The van der Waals surface area contributed by atoms with Gasteiger partial charge in [-0.2, -0.15) is 0 Å². The Morgan fingerprint density at radius 2 is 2.10 bits per heavy atom. The molecular weight excluding hydrogens is 288 g/mol. The zero-order chi connectivity index (χ0) is 15.5. The van der Waals surface area contributed by atoms with Crippen LogP contribution in [0.2, 0.25) is 0 Å². The average molecular weight is 308 g/mol. The number of nitrogens with two attached hydrogens (primary N) is 1. The Bertz CT molecular complexity index is 709. The van der Waals surface area contributed by atoms with Crippen molar-refractivity contribution in [3.8, 4) is 0 Å². The van der Waals surface area contributed by atoms with Crippen LogP contribution in [-0.4, -0.2) is 24.5 Å². The van der Waals surface area contributed by atoms with E-state index in [-0.39, 0.29) is 4.90 Å². The van der Waals surface area contributed by atoms with Crippen molar-refractivity contribution in [1.29, 1.82) is 0 Å². The molecule has 0 unspecified atom stereocenters. The van der Waals surface area contributed by atoms with Crippen LogP contribution in [-0.2, 0) is 16.6 Å². The molecule has 1 aromatic carbocycles. The Balaban J connectivity index is 2.04. The van der Waals surface area contributed by atoms with Gasteiger partial charge in [-0.3, -0.25) is 0 Å². The van der Waals surface area contributed by atoms with Crippen LogP contribution in [0.15, 0.2) is 35.7 Å². The number of nitrogens with one attached hydrogen (secondary N) is 1. The van der Waals surface area contributed by atoms with Crippen molar-refractivity contribution in [3.63, 3.8) is 0 Å². The number of aromatic nitrogens is 2. The standard InChI is InChI=1S/C14H20N4O2S/c1-11-4-5-13(15)12(2)14(11)21(19,20)17-6-3-8-18-9-7-16-10-18/h4-5,7,9-10,17H,3,6,8,15H2,1-2H3. The molecule has 0 aliphatic rings. The van der Waals surface area contributed by atoms with Gasteiger partial charge in [-0.1, -0.05) is 6.07 Å². The molecule has 1 aromatic heterocycles. The Morgan fingerprint density at radius 3 is 2.76 bits per heavy atom. The Labute approximate surface area is 125 Å². The molecule has 21 heavy (non-hydrogen) atoms. The predicted molar refractivity (Wildman–Crippen MR) is 82.4 cm³/mol. The van der Waals surface area contributed by atoms with Crippen LogP contribution >= 0.6 is 0 Å². The monoisotopic (exact) mass is 308 g/mol. The van der Waals surface area contributed by atoms with Crippen molar-refractivity contribution in [2.24, 2.45) is 0 Å². The van der Waals surface area contributed by atoms with E-state index >= 15 is 0 Å². The van der Waals surface area contributed by atoms with E-state index in [1.54, 1.807) is 38.5 Å². The van der Waals surface area contributed by atoms with E-state index in [4.69, 9.17) is 5.73 Å². The molecule has 0 radical (unpaired) electrons. The Morgan fingerprint density at radius 1 is 1.33 bits per heavy atom. The molecule has 2 rings (SSSR count). The summed E-state index contributed by atoms with van der Waals surface area (Å²) in [5.74, 6) is 0. The molecule has 0 aliphatic heterocycles. The molecule has 6 nitrogen and oxygen atoms in total. The van der Waals surface area contributed by atoms with Gasteiger partial charge in [0.2, 0.25) is 10.0 Å². The number of benzene rings is 1. The first-order chi connectivity index (χ1) is 9.92. The van der Waals surface area contributed by atoms with E-state index in [1.807, 2.05) is 10.8 Å². The molecule has 1 heterocycles. The van der Waals surface area contributed by atoms with Crippen LogP contribution in [0.25, 0.3) is 0 Å². The van der Waals surface area contributed by atoms with E-state index in [0.717, 1.165) is 6.54 Å². The number of aryl methyl sites for hydroxylation is 2. The molecule has 0 amide bonds. The fraction of sp³-hybridized carbons (Fsp3) is 0.357. The maximum atomic E-state index is 12.4. The van der Waals surface area contributed by atoms with Gasteiger partial charge in [0.05, 0.1) is 11.2 Å². The summed E-state index contributed by atoms with van der Waals surface area (Å²) in [6, 6.07) is 3.45. The lowest BCUT2D eigenvalue weighted by atomic mass is 10.1. The van der Waals surface area contributed by atoms with Crippen molar-refractivity contribution in [3.05, 3.63) is 42.0 Å². The van der Waals surface area contributed by atoms with E-state index in [9.17, 15) is 8.42 Å². The SMILES string of the molecule is Cc1ccc(N)c(C)c1S(=O)(=O)NCCCn1ccnc1. The van der Waals surface area contributed by atoms with Gasteiger partial charge in [0.15, 0.2) is 0 Å². The van der Waals surface area contributed by atoms with Crippen LogP contribution in [0.1, 0.15) is 17.5 Å². The highest BCUT2D eigenvalue weighted by Crippen LogP contribution is 2.24. The molecule has 0 bridgehead atoms. The summed E-state index contributed by atoms with van der Waals surface area (Å²) in [6.07, 6.45) is 5.95. The predicted octanol–water partition coefficient (Wildman–Crippen LogP) is 1.45. The lowest BCUT2D eigenvalue weighted by molar-refractivity contribution is 0.568. The third kappa shape index (κ3) is 3.62. The van der Waals surface area contributed by atoms with E-state index in [2.05, 4.69) is 9.71 Å². The van der Waals surface area contributed by atoms with Crippen molar-refractivity contribution in [1.82, 2.24) is 14.3 Å². The summed E-state index contributed by atoms with van der Waals surface area (Å²) in [6.45, 7) is 4.58. The topological polar surface area (TPSA) is 90.0 Å². The number of nitrogen functional groups attached to an aromatic ring is 1. The molecule has 2 aromatic rings. The van der Waals surface area contributed by atoms with Gasteiger partial charge >= 0.3 is 0 Å². The lowest BCUT2D eigenvalue weighted by Crippen LogP contribution is -2.27. The highest BCUT2D eigenvalue weighted by atomic mass is 32.2. The second-order valence-electron chi connectivity index (χ2n) is 4.98. The van der Waals surface area contributed by atoms with Gasteiger partial charge in [-0.05, 0) is 37.5 Å². The Hall–Kier alpha value is -1.86. The maximum Gasteiger partial charge on any atom is 0.241 e. The van der Waals surface area contributed by atoms with Gasteiger partial charge in [0.25, 0.3) is 0 Å². The minimum atomic E-state index is -3.54. The quantitative estimate of drug-likeness (QED) is 0.624. The van der Waals surface area contributed by atoms with Crippen LogP contribution < -0.4 is 10.5 Å². The summed E-state index contributed by atoms with van der Waals surface area (Å²) >= 11 is 0. The minimum absolute atomic E-state index is 0.283. The summed E-state index contributed by atoms with van der Waals surface area (Å²) in [5, 5.41) is 0. The number of nitrogens with zero attached hydrogens (tertiary/aromatic N) is 2. The van der Waals surface area contributed by atoms with Crippen molar-refractivity contribution < 1.29 is 8.42 Å². The number of anilines is 1. The normalized spacial score (nSPS) is 11.7. The summed E-state index contributed by atoms with van der Waals surface area (Å²) < 4.78 is 29.3. The van der Waals surface area contributed by atoms with Crippen LogP contribution in [0.3, 0.4) is 0 Å². The Kier molecular flexibility index (Phi) is 4.64. The number of hydrogen-bond donors (Lipinski definition) is 2. The van der Waals surface area contributed by atoms with Crippen molar-refractivity contribution in [2.75, 3.05) is 12.3 Å². The van der Waals surface area contributed by atoms with Crippen molar-refractivity contribution >= 4 is 15.7 Å². The van der Waals surface area contributed by atoms with E-state index in [0.29, 0.717) is 29.8 Å². The third-order valence-corrected chi connectivity index (χ3v) is 5.11. The molecule has 114 valence electrons. The number of sulfonamides is 1. The number of imidazole rings is 1.